The smallest absolute Gasteiger partial charge is 0.234 e. The topological polar surface area (TPSA) is 42.2 Å². The van der Waals surface area contributed by atoms with Crippen molar-refractivity contribution in [1.29, 1.82) is 0 Å². The number of hydrogen-bond acceptors (Lipinski definition) is 2. The van der Waals surface area contributed by atoms with Crippen LogP contribution in [0.5, 0.6) is 0 Å². The standard InChI is InChI=1S/C10H14BrNO2/c1-7(2)9(11)10(13)12-5-8-3-4-14-6-8/h3-4,6-7,9H,5H2,1-2H3,(H,12,13). The molecule has 1 aromatic heterocycles. The molecule has 0 aliphatic carbocycles. The summed E-state index contributed by atoms with van der Waals surface area (Å²) in [5, 5.41) is 2.82. The van der Waals surface area contributed by atoms with Gasteiger partial charge in [-0.15, -0.1) is 0 Å². The minimum atomic E-state index is -0.130. The summed E-state index contributed by atoms with van der Waals surface area (Å²) in [7, 11) is 0. The lowest BCUT2D eigenvalue weighted by Gasteiger charge is -2.12. The van der Waals surface area contributed by atoms with Crippen LogP contribution in [0.2, 0.25) is 0 Å². The second-order valence-electron chi connectivity index (χ2n) is 3.50. The predicted molar refractivity (Wildman–Crippen MR) is 58.1 cm³/mol. The third kappa shape index (κ3) is 3.18. The molecule has 0 aliphatic heterocycles. The number of hydrogen-bond donors (Lipinski definition) is 1. The van der Waals surface area contributed by atoms with Gasteiger partial charge in [0, 0.05) is 12.1 Å². The molecular weight excluding hydrogens is 246 g/mol. The summed E-state index contributed by atoms with van der Waals surface area (Å²) in [6.07, 6.45) is 3.22. The zero-order valence-corrected chi connectivity index (χ0v) is 9.87. The van der Waals surface area contributed by atoms with E-state index in [-0.39, 0.29) is 10.7 Å². The van der Waals surface area contributed by atoms with E-state index in [2.05, 4.69) is 21.2 Å². The molecule has 1 rings (SSSR count). The molecule has 0 aromatic carbocycles. The Morgan fingerprint density at radius 1 is 1.64 bits per heavy atom. The summed E-state index contributed by atoms with van der Waals surface area (Å²) in [5.41, 5.74) is 0.974. The molecule has 1 amide bonds. The molecule has 78 valence electrons. The molecule has 0 radical (unpaired) electrons. The first-order chi connectivity index (χ1) is 6.61. The van der Waals surface area contributed by atoms with Crippen molar-refractivity contribution in [3.63, 3.8) is 0 Å². The van der Waals surface area contributed by atoms with Gasteiger partial charge in [-0.1, -0.05) is 29.8 Å². The molecular formula is C10H14BrNO2. The van der Waals surface area contributed by atoms with Crippen molar-refractivity contribution in [1.82, 2.24) is 5.32 Å². The second kappa shape index (κ2) is 5.20. The highest BCUT2D eigenvalue weighted by Gasteiger charge is 2.17. The molecule has 0 bridgehead atoms. The van der Waals surface area contributed by atoms with Crippen molar-refractivity contribution in [2.45, 2.75) is 25.2 Å². The average Bonchev–Trinajstić information content (AvgIpc) is 2.65. The van der Waals surface area contributed by atoms with Crippen molar-refractivity contribution in [2.75, 3.05) is 0 Å². The van der Waals surface area contributed by atoms with Crippen LogP contribution >= 0.6 is 15.9 Å². The van der Waals surface area contributed by atoms with Crippen LogP contribution in [-0.2, 0) is 11.3 Å². The van der Waals surface area contributed by atoms with Crippen LogP contribution in [0.25, 0.3) is 0 Å². The molecule has 1 aromatic rings. The molecule has 3 nitrogen and oxygen atoms in total. The summed E-state index contributed by atoms with van der Waals surface area (Å²) < 4.78 is 4.89. The fourth-order valence-corrected chi connectivity index (χ4v) is 1.14. The van der Waals surface area contributed by atoms with E-state index in [1.165, 1.54) is 0 Å². The normalized spacial score (nSPS) is 12.9. The summed E-state index contributed by atoms with van der Waals surface area (Å²) in [4.78, 5) is 11.4. The molecule has 0 saturated heterocycles. The van der Waals surface area contributed by atoms with Gasteiger partial charge in [-0.2, -0.15) is 0 Å². The summed E-state index contributed by atoms with van der Waals surface area (Å²) in [5.74, 6) is 0.306. The zero-order valence-electron chi connectivity index (χ0n) is 8.29. The van der Waals surface area contributed by atoms with E-state index in [9.17, 15) is 4.79 Å². The molecule has 1 N–H and O–H groups in total. The lowest BCUT2D eigenvalue weighted by Crippen LogP contribution is -2.33. The number of carbonyl (C=O) groups is 1. The van der Waals surface area contributed by atoms with E-state index in [0.29, 0.717) is 12.5 Å². The Labute approximate surface area is 92.0 Å². The Balaban J connectivity index is 2.35. The number of halogens is 1. The zero-order chi connectivity index (χ0) is 10.6. The van der Waals surface area contributed by atoms with E-state index in [0.717, 1.165) is 5.56 Å². The SMILES string of the molecule is CC(C)C(Br)C(=O)NCc1ccoc1. The van der Waals surface area contributed by atoms with Crippen molar-refractivity contribution in [2.24, 2.45) is 5.92 Å². The number of rotatable bonds is 4. The lowest BCUT2D eigenvalue weighted by atomic mass is 10.1. The number of carbonyl (C=O) groups excluding carboxylic acids is 1. The van der Waals surface area contributed by atoms with Gasteiger partial charge in [-0.25, -0.2) is 0 Å². The molecule has 14 heavy (non-hydrogen) atoms. The average molecular weight is 260 g/mol. The third-order valence-corrected chi connectivity index (χ3v) is 3.36. The van der Waals surface area contributed by atoms with Crippen LogP contribution < -0.4 is 5.32 Å². The van der Waals surface area contributed by atoms with E-state index in [1.54, 1.807) is 12.5 Å². The van der Waals surface area contributed by atoms with Gasteiger partial charge in [0.25, 0.3) is 0 Å². The Kier molecular flexibility index (Phi) is 4.20. The second-order valence-corrected chi connectivity index (χ2v) is 4.48. The van der Waals surface area contributed by atoms with Gasteiger partial charge in [0.15, 0.2) is 0 Å². The first-order valence-electron chi connectivity index (χ1n) is 4.54. The van der Waals surface area contributed by atoms with Crippen molar-refractivity contribution >= 4 is 21.8 Å². The summed E-state index contributed by atoms with van der Waals surface area (Å²) >= 11 is 3.34. The Morgan fingerprint density at radius 3 is 2.86 bits per heavy atom. The number of amides is 1. The maximum Gasteiger partial charge on any atom is 0.234 e. The maximum absolute atomic E-state index is 11.5. The van der Waals surface area contributed by atoms with Gasteiger partial charge in [-0.05, 0) is 12.0 Å². The molecule has 0 aliphatic rings. The number of alkyl halides is 1. The minimum Gasteiger partial charge on any atom is -0.472 e. The van der Waals surface area contributed by atoms with Crippen molar-refractivity contribution < 1.29 is 9.21 Å². The van der Waals surface area contributed by atoms with Crippen LogP contribution in [0, 0.1) is 5.92 Å². The summed E-state index contributed by atoms with van der Waals surface area (Å²) in [6, 6.07) is 1.83. The summed E-state index contributed by atoms with van der Waals surface area (Å²) in [6.45, 7) is 4.51. The molecule has 0 saturated carbocycles. The lowest BCUT2D eigenvalue weighted by molar-refractivity contribution is -0.121. The Bertz CT molecular complexity index is 282. The van der Waals surface area contributed by atoms with Crippen LogP contribution in [0.1, 0.15) is 19.4 Å². The number of nitrogens with one attached hydrogen (secondary N) is 1. The molecule has 1 unspecified atom stereocenters. The molecule has 0 spiro atoms. The largest absolute Gasteiger partial charge is 0.472 e. The van der Waals surface area contributed by atoms with Gasteiger partial charge < -0.3 is 9.73 Å². The first kappa shape index (κ1) is 11.3. The quantitative estimate of drug-likeness (QED) is 0.844. The highest BCUT2D eigenvalue weighted by Crippen LogP contribution is 2.12. The van der Waals surface area contributed by atoms with Gasteiger partial charge >= 0.3 is 0 Å². The highest BCUT2D eigenvalue weighted by atomic mass is 79.9. The van der Waals surface area contributed by atoms with E-state index in [1.807, 2.05) is 19.9 Å². The molecule has 1 atom stereocenters. The molecule has 0 fully saturated rings. The Hall–Kier alpha value is -0.770. The minimum absolute atomic E-state index is 0.0150. The predicted octanol–water partition coefficient (Wildman–Crippen LogP) is 2.32. The van der Waals surface area contributed by atoms with Crippen molar-refractivity contribution in [3.8, 4) is 0 Å². The van der Waals surface area contributed by atoms with Crippen LogP contribution in [-0.4, -0.2) is 10.7 Å². The Morgan fingerprint density at radius 2 is 2.36 bits per heavy atom. The number of furan rings is 1. The highest BCUT2D eigenvalue weighted by molar-refractivity contribution is 9.10. The fourth-order valence-electron chi connectivity index (χ4n) is 0.983. The maximum atomic E-state index is 11.5. The fraction of sp³-hybridized carbons (Fsp3) is 0.500. The van der Waals surface area contributed by atoms with E-state index >= 15 is 0 Å². The van der Waals surface area contributed by atoms with Crippen LogP contribution in [0.3, 0.4) is 0 Å². The van der Waals surface area contributed by atoms with Gasteiger partial charge in [0.05, 0.1) is 17.4 Å². The van der Waals surface area contributed by atoms with E-state index in [4.69, 9.17) is 4.42 Å². The van der Waals surface area contributed by atoms with Gasteiger partial charge in [0.2, 0.25) is 5.91 Å². The van der Waals surface area contributed by atoms with Crippen LogP contribution in [0.15, 0.2) is 23.0 Å². The first-order valence-corrected chi connectivity index (χ1v) is 5.45. The monoisotopic (exact) mass is 259 g/mol. The molecule has 1 heterocycles. The van der Waals surface area contributed by atoms with Crippen LogP contribution in [0.4, 0.5) is 0 Å². The van der Waals surface area contributed by atoms with E-state index < -0.39 is 0 Å². The van der Waals surface area contributed by atoms with Gasteiger partial charge in [-0.3, -0.25) is 4.79 Å². The van der Waals surface area contributed by atoms with Gasteiger partial charge in [0.1, 0.15) is 0 Å². The third-order valence-electron chi connectivity index (χ3n) is 1.88. The van der Waals surface area contributed by atoms with Crippen molar-refractivity contribution in [3.05, 3.63) is 24.2 Å². The molecule has 4 heteroatoms.